The first-order valence-electron chi connectivity index (χ1n) is 5.16. The first-order chi connectivity index (χ1) is 8.52. The van der Waals surface area contributed by atoms with E-state index < -0.39 is 11.6 Å². The van der Waals surface area contributed by atoms with Crippen LogP contribution in [0.3, 0.4) is 0 Å². The zero-order valence-electron chi connectivity index (χ0n) is 9.47. The van der Waals surface area contributed by atoms with E-state index in [0.29, 0.717) is 11.3 Å². The predicted octanol–water partition coefficient (Wildman–Crippen LogP) is 5.14. The molecule has 0 aliphatic rings. The van der Waals surface area contributed by atoms with Gasteiger partial charge in [-0.3, -0.25) is 0 Å². The lowest BCUT2D eigenvalue weighted by atomic mass is 9.99. The van der Waals surface area contributed by atoms with Crippen molar-refractivity contribution < 1.29 is 8.78 Å². The Balaban J connectivity index is 2.65. The summed E-state index contributed by atoms with van der Waals surface area (Å²) in [5.41, 5.74) is 1.87. The van der Waals surface area contributed by atoms with Crippen molar-refractivity contribution in [3.05, 3.63) is 64.0 Å². The third-order valence-corrected chi connectivity index (χ3v) is 2.94. The second-order valence-corrected chi connectivity index (χ2v) is 4.26. The summed E-state index contributed by atoms with van der Waals surface area (Å²) in [7, 11) is 0. The molecule has 0 unspecified atom stereocenters. The van der Waals surface area contributed by atoms with Crippen LogP contribution in [0.5, 0.6) is 0 Å². The highest BCUT2D eigenvalue weighted by atomic mass is 35.5. The number of rotatable bonds is 1. The number of hydrogen-bond acceptors (Lipinski definition) is 0. The second-order valence-electron chi connectivity index (χ2n) is 3.85. The van der Waals surface area contributed by atoms with Gasteiger partial charge in [-0.25, -0.2) is 13.6 Å². The number of halogens is 3. The minimum Gasteiger partial charge on any atom is -0.237 e. The molecule has 2 aromatic carbocycles. The molecule has 0 saturated heterocycles. The van der Waals surface area contributed by atoms with Crippen LogP contribution in [0.4, 0.5) is 14.5 Å². The van der Waals surface area contributed by atoms with Gasteiger partial charge in [0.1, 0.15) is 11.6 Å². The molecule has 0 saturated carbocycles. The van der Waals surface area contributed by atoms with E-state index in [1.54, 1.807) is 13.0 Å². The maximum atomic E-state index is 13.7. The molecular formula is C14H8ClF2N. The third kappa shape index (κ3) is 2.20. The molecule has 0 spiro atoms. The molecule has 90 valence electrons. The second kappa shape index (κ2) is 4.75. The molecule has 4 heteroatoms. The quantitative estimate of drug-likeness (QED) is 0.627. The Hall–Kier alpha value is -1.92. The molecule has 1 nitrogen and oxygen atoms in total. The topological polar surface area (TPSA) is 4.36 Å². The summed E-state index contributed by atoms with van der Waals surface area (Å²) in [6.45, 7) is 8.70. The van der Waals surface area contributed by atoms with E-state index in [-0.39, 0.29) is 10.6 Å². The predicted molar refractivity (Wildman–Crippen MR) is 67.8 cm³/mol. The molecule has 0 bridgehead atoms. The average molecular weight is 264 g/mol. The standard InChI is InChI=1S/C14H8ClF2N/c1-8-5-14(18-2)12(15)7-11(8)10-4-3-9(16)6-13(10)17/h3-7H,1H3. The largest absolute Gasteiger partial charge is 0.237 e. The summed E-state index contributed by atoms with van der Waals surface area (Å²) in [5.74, 6) is -1.28. The van der Waals surface area contributed by atoms with Crippen LogP contribution in [0.25, 0.3) is 16.0 Å². The highest BCUT2D eigenvalue weighted by Crippen LogP contribution is 2.34. The molecule has 2 rings (SSSR count). The van der Waals surface area contributed by atoms with E-state index in [0.717, 1.165) is 11.6 Å². The highest BCUT2D eigenvalue weighted by molar-refractivity contribution is 6.33. The smallest absolute Gasteiger partial charge is 0.205 e. The Kier molecular flexibility index (Phi) is 3.31. The zero-order chi connectivity index (χ0) is 13.3. The van der Waals surface area contributed by atoms with Gasteiger partial charge in [0.15, 0.2) is 0 Å². The fourth-order valence-electron chi connectivity index (χ4n) is 1.75. The van der Waals surface area contributed by atoms with Crippen molar-refractivity contribution >= 4 is 17.3 Å². The molecule has 0 heterocycles. The lowest BCUT2D eigenvalue weighted by Crippen LogP contribution is -1.89. The molecular weight excluding hydrogens is 256 g/mol. The van der Waals surface area contributed by atoms with E-state index >= 15 is 0 Å². The number of nitrogens with zero attached hydrogens (tertiary/aromatic N) is 1. The Morgan fingerprint density at radius 1 is 1.11 bits per heavy atom. The van der Waals surface area contributed by atoms with Crippen molar-refractivity contribution in [1.29, 1.82) is 0 Å². The Morgan fingerprint density at radius 2 is 1.83 bits per heavy atom. The van der Waals surface area contributed by atoms with E-state index in [9.17, 15) is 8.78 Å². The van der Waals surface area contributed by atoms with Crippen LogP contribution in [-0.4, -0.2) is 0 Å². The van der Waals surface area contributed by atoms with E-state index in [1.807, 2.05) is 0 Å². The minimum absolute atomic E-state index is 0.259. The van der Waals surface area contributed by atoms with Crippen LogP contribution in [0.2, 0.25) is 5.02 Å². The molecule has 0 aliphatic heterocycles. The third-order valence-electron chi connectivity index (χ3n) is 2.64. The van der Waals surface area contributed by atoms with Gasteiger partial charge in [-0.2, -0.15) is 0 Å². The van der Waals surface area contributed by atoms with Gasteiger partial charge in [0.25, 0.3) is 0 Å². The Morgan fingerprint density at radius 3 is 2.44 bits per heavy atom. The lowest BCUT2D eigenvalue weighted by molar-refractivity contribution is 0.585. The molecule has 0 amide bonds. The molecule has 0 N–H and O–H groups in total. The van der Waals surface area contributed by atoms with Gasteiger partial charge in [0.2, 0.25) is 5.69 Å². The van der Waals surface area contributed by atoms with Crippen molar-refractivity contribution in [3.63, 3.8) is 0 Å². The van der Waals surface area contributed by atoms with Gasteiger partial charge in [0.05, 0.1) is 6.57 Å². The minimum atomic E-state index is -0.648. The van der Waals surface area contributed by atoms with Crippen LogP contribution in [0.1, 0.15) is 5.56 Å². The molecule has 0 aliphatic carbocycles. The van der Waals surface area contributed by atoms with Crippen molar-refractivity contribution in [3.8, 4) is 11.1 Å². The van der Waals surface area contributed by atoms with Crippen molar-refractivity contribution in [1.82, 2.24) is 0 Å². The van der Waals surface area contributed by atoms with Crippen molar-refractivity contribution in [2.75, 3.05) is 0 Å². The molecule has 0 atom stereocenters. The summed E-state index contributed by atoms with van der Waals surface area (Å²) < 4.78 is 26.5. The normalized spacial score (nSPS) is 10.2. The summed E-state index contributed by atoms with van der Waals surface area (Å²) in [6, 6.07) is 6.49. The van der Waals surface area contributed by atoms with Crippen LogP contribution in [0.15, 0.2) is 30.3 Å². The average Bonchev–Trinajstić information content (AvgIpc) is 2.32. The summed E-state index contributed by atoms with van der Waals surface area (Å²) in [4.78, 5) is 3.27. The maximum absolute atomic E-state index is 13.7. The Labute approximate surface area is 108 Å². The van der Waals surface area contributed by atoms with Crippen molar-refractivity contribution in [2.45, 2.75) is 6.92 Å². The summed E-state index contributed by atoms with van der Waals surface area (Å²) in [6.07, 6.45) is 0. The highest BCUT2D eigenvalue weighted by Gasteiger charge is 2.11. The van der Waals surface area contributed by atoms with E-state index in [2.05, 4.69) is 4.85 Å². The first kappa shape index (κ1) is 12.5. The van der Waals surface area contributed by atoms with Gasteiger partial charge in [-0.1, -0.05) is 23.2 Å². The Bertz CT molecular complexity index is 660. The molecule has 0 radical (unpaired) electrons. The zero-order valence-corrected chi connectivity index (χ0v) is 10.2. The number of aryl methyl sites for hydroxylation is 1. The number of benzene rings is 2. The van der Waals surface area contributed by atoms with Crippen LogP contribution >= 0.6 is 11.6 Å². The number of hydrogen-bond donors (Lipinski definition) is 0. The van der Waals surface area contributed by atoms with E-state index in [4.69, 9.17) is 18.2 Å². The molecule has 0 aromatic heterocycles. The molecule has 2 aromatic rings. The monoisotopic (exact) mass is 263 g/mol. The van der Waals surface area contributed by atoms with Gasteiger partial charge in [0, 0.05) is 16.7 Å². The van der Waals surface area contributed by atoms with Crippen molar-refractivity contribution in [2.24, 2.45) is 0 Å². The van der Waals surface area contributed by atoms with Gasteiger partial charge >= 0.3 is 0 Å². The van der Waals surface area contributed by atoms with Gasteiger partial charge in [-0.15, -0.1) is 0 Å². The fourth-order valence-corrected chi connectivity index (χ4v) is 1.96. The van der Waals surface area contributed by atoms with E-state index in [1.165, 1.54) is 18.2 Å². The van der Waals surface area contributed by atoms with Crippen LogP contribution in [-0.2, 0) is 0 Å². The first-order valence-corrected chi connectivity index (χ1v) is 5.53. The summed E-state index contributed by atoms with van der Waals surface area (Å²) in [5, 5.41) is 0.259. The molecule has 0 fully saturated rings. The fraction of sp³-hybridized carbons (Fsp3) is 0.0714. The summed E-state index contributed by atoms with van der Waals surface area (Å²) >= 11 is 5.92. The molecule has 18 heavy (non-hydrogen) atoms. The van der Waals surface area contributed by atoms with Gasteiger partial charge < -0.3 is 0 Å². The SMILES string of the molecule is [C-]#[N+]c1cc(C)c(-c2ccc(F)cc2F)cc1Cl. The van der Waals surface area contributed by atoms with Crippen LogP contribution in [0, 0.1) is 25.1 Å². The lowest BCUT2D eigenvalue weighted by Gasteiger charge is -2.09. The van der Waals surface area contributed by atoms with Gasteiger partial charge in [-0.05, 0) is 30.7 Å². The van der Waals surface area contributed by atoms with Crippen LogP contribution < -0.4 is 0 Å². The maximum Gasteiger partial charge on any atom is 0.205 e.